The van der Waals surface area contributed by atoms with Crippen molar-refractivity contribution in [2.75, 3.05) is 0 Å². The summed E-state index contributed by atoms with van der Waals surface area (Å²) in [5.74, 6) is 0. The van der Waals surface area contributed by atoms with Crippen molar-refractivity contribution < 1.29 is 24.4 Å². The van der Waals surface area contributed by atoms with E-state index in [-0.39, 0.29) is 0 Å². The molecule has 2 N–H and O–H groups in total. The summed E-state index contributed by atoms with van der Waals surface area (Å²) in [6, 6.07) is 19.4. The summed E-state index contributed by atoms with van der Waals surface area (Å²) in [5, 5.41) is 20.7. The zero-order valence-corrected chi connectivity index (χ0v) is 14.2. The first-order valence-corrected chi connectivity index (χ1v) is 8.48. The molecule has 1 aliphatic heterocycles. The lowest BCUT2D eigenvalue weighted by Gasteiger charge is -2.41. The first-order chi connectivity index (χ1) is 12.1. The first kappa shape index (κ1) is 18.0. The summed E-state index contributed by atoms with van der Waals surface area (Å²) in [5.41, 5.74) is 1.97. The third kappa shape index (κ3) is 4.66. The zero-order valence-electron chi connectivity index (χ0n) is 14.2. The van der Waals surface area contributed by atoms with E-state index in [2.05, 4.69) is 0 Å². The predicted molar refractivity (Wildman–Crippen MR) is 92.6 cm³/mol. The monoisotopic (exact) mass is 344 g/mol. The third-order valence-electron chi connectivity index (χ3n) is 4.35. The second kappa shape index (κ2) is 8.56. The van der Waals surface area contributed by atoms with Gasteiger partial charge in [-0.1, -0.05) is 60.7 Å². The van der Waals surface area contributed by atoms with Crippen molar-refractivity contribution in [2.24, 2.45) is 0 Å². The highest BCUT2D eigenvalue weighted by molar-refractivity contribution is 5.14. The van der Waals surface area contributed by atoms with Crippen LogP contribution in [0.5, 0.6) is 0 Å². The van der Waals surface area contributed by atoms with Crippen LogP contribution in [0.4, 0.5) is 0 Å². The molecular weight excluding hydrogens is 320 g/mol. The van der Waals surface area contributed by atoms with Gasteiger partial charge in [-0.05, 0) is 18.1 Å². The summed E-state index contributed by atoms with van der Waals surface area (Å²) in [7, 11) is 0. The van der Waals surface area contributed by atoms with Crippen LogP contribution in [0.2, 0.25) is 0 Å². The van der Waals surface area contributed by atoms with Gasteiger partial charge in [0.05, 0.1) is 19.3 Å². The van der Waals surface area contributed by atoms with Crippen LogP contribution in [0.25, 0.3) is 0 Å². The van der Waals surface area contributed by atoms with Gasteiger partial charge in [0.15, 0.2) is 6.29 Å². The average Bonchev–Trinajstić information content (AvgIpc) is 2.64. The second-order valence-corrected chi connectivity index (χ2v) is 6.24. The summed E-state index contributed by atoms with van der Waals surface area (Å²) < 4.78 is 17.1. The van der Waals surface area contributed by atoms with Crippen LogP contribution >= 0.6 is 0 Å². The quantitative estimate of drug-likeness (QED) is 0.841. The molecule has 1 aliphatic rings. The highest BCUT2D eigenvalue weighted by atomic mass is 16.7. The van der Waals surface area contributed by atoms with E-state index in [0.29, 0.717) is 13.2 Å². The van der Waals surface area contributed by atoms with Gasteiger partial charge in [-0.15, -0.1) is 0 Å². The predicted octanol–water partition coefficient (Wildman–Crippen LogP) is 2.26. The minimum absolute atomic E-state index is 0.304. The Balaban J connectivity index is 1.67. The minimum atomic E-state index is -1.15. The number of ether oxygens (including phenoxy) is 3. The van der Waals surface area contributed by atoms with Gasteiger partial charge in [-0.2, -0.15) is 0 Å². The van der Waals surface area contributed by atoms with Crippen molar-refractivity contribution in [1.82, 2.24) is 0 Å². The number of aliphatic hydroxyl groups excluding tert-OH is 2. The first-order valence-electron chi connectivity index (χ1n) is 8.48. The normalized spacial score (nSPS) is 29.5. The fourth-order valence-corrected chi connectivity index (χ4v) is 2.91. The highest BCUT2D eigenvalue weighted by Crippen LogP contribution is 2.26. The molecule has 2 aromatic carbocycles. The van der Waals surface area contributed by atoms with E-state index < -0.39 is 30.7 Å². The van der Waals surface area contributed by atoms with Crippen molar-refractivity contribution in [3.63, 3.8) is 0 Å². The van der Waals surface area contributed by atoms with Gasteiger partial charge in [-0.3, -0.25) is 0 Å². The topological polar surface area (TPSA) is 68.2 Å². The van der Waals surface area contributed by atoms with E-state index in [0.717, 1.165) is 11.1 Å². The zero-order chi connectivity index (χ0) is 17.6. The molecule has 0 amide bonds. The Morgan fingerprint density at radius 1 is 0.800 bits per heavy atom. The van der Waals surface area contributed by atoms with E-state index in [1.165, 1.54) is 0 Å². The smallest absolute Gasteiger partial charge is 0.184 e. The average molecular weight is 344 g/mol. The fourth-order valence-electron chi connectivity index (χ4n) is 2.91. The molecule has 3 rings (SSSR count). The Hall–Kier alpha value is -1.76. The Bertz CT molecular complexity index is 633. The number of benzene rings is 2. The van der Waals surface area contributed by atoms with Crippen LogP contribution in [-0.4, -0.2) is 40.9 Å². The summed E-state index contributed by atoms with van der Waals surface area (Å²) in [6.45, 7) is 2.34. The van der Waals surface area contributed by atoms with Gasteiger partial charge in [-0.25, -0.2) is 0 Å². The molecule has 0 aliphatic carbocycles. The lowest BCUT2D eigenvalue weighted by molar-refractivity contribution is -0.300. The van der Waals surface area contributed by atoms with Gasteiger partial charge in [0.2, 0.25) is 0 Å². The summed E-state index contributed by atoms with van der Waals surface area (Å²) >= 11 is 0. The Morgan fingerprint density at radius 2 is 1.28 bits per heavy atom. The third-order valence-corrected chi connectivity index (χ3v) is 4.35. The molecule has 0 aromatic heterocycles. The standard InChI is InChI=1S/C20H24O5/c1-14-17(21)18(23-12-15-8-4-2-5-9-15)19(20(22)25-14)24-13-16-10-6-3-7-11-16/h2-11,14,17-22H,12-13H2,1H3/t14-,17-,18+,19+,20+/m0/s1. The number of aliphatic hydroxyl groups is 2. The van der Waals surface area contributed by atoms with Crippen LogP contribution in [-0.2, 0) is 27.4 Å². The van der Waals surface area contributed by atoms with E-state index in [4.69, 9.17) is 14.2 Å². The van der Waals surface area contributed by atoms with Crippen molar-refractivity contribution in [3.8, 4) is 0 Å². The van der Waals surface area contributed by atoms with Gasteiger partial charge >= 0.3 is 0 Å². The maximum absolute atomic E-state index is 10.5. The summed E-state index contributed by atoms with van der Waals surface area (Å²) in [4.78, 5) is 0. The molecule has 0 bridgehead atoms. The second-order valence-electron chi connectivity index (χ2n) is 6.24. The number of rotatable bonds is 6. The molecule has 2 aromatic rings. The largest absolute Gasteiger partial charge is 0.388 e. The van der Waals surface area contributed by atoms with Gasteiger partial charge in [0.25, 0.3) is 0 Å². The van der Waals surface area contributed by atoms with Crippen LogP contribution < -0.4 is 0 Å². The van der Waals surface area contributed by atoms with Crippen LogP contribution in [0.15, 0.2) is 60.7 Å². The molecule has 25 heavy (non-hydrogen) atoms. The maximum Gasteiger partial charge on any atom is 0.184 e. The Morgan fingerprint density at radius 3 is 1.80 bits per heavy atom. The van der Waals surface area contributed by atoms with Gasteiger partial charge in [0.1, 0.15) is 18.3 Å². The van der Waals surface area contributed by atoms with Crippen molar-refractivity contribution >= 4 is 0 Å². The molecule has 0 unspecified atom stereocenters. The molecule has 5 atom stereocenters. The number of hydrogen-bond donors (Lipinski definition) is 2. The highest BCUT2D eigenvalue weighted by Gasteiger charge is 2.44. The Labute approximate surface area is 147 Å². The van der Waals surface area contributed by atoms with Crippen molar-refractivity contribution in [3.05, 3.63) is 71.8 Å². The molecule has 0 saturated carbocycles. The molecule has 1 fully saturated rings. The fraction of sp³-hybridized carbons (Fsp3) is 0.400. The molecule has 1 heterocycles. The maximum atomic E-state index is 10.5. The Kier molecular flexibility index (Phi) is 6.18. The molecule has 134 valence electrons. The molecule has 5 heteroatoms. The molecule has 0 spiro atoms. The molecular formula is C20H24O5. The summed E-state index contributed by atoms with van der Waals surface area (Å²) in [6.07, 6.45) is -4.01. The lowest BCUT2D eigenvalue weighted by Crippen LogP contribution is -2.58. The van der Waals surface area contributed by atoms with Gasteiger partial charge < -0.3 is 24.4 Å². The van der Waals surface area contributed by atoms with E-state index in [9.17, 15) is 10.2 Å². The SMILES string of the molecule is C[C@@H]1O[C@@H](O)[C@H](OCc2ccccc2)[C@H](OCc2ccccc2)[C@H]1O. The minimum Gasteiger partial charge on any atom is -0.388 e. The molecule has 1 saturated heterocycles. The van der Waals surface area contributed by atoms with Crippen LogP contribution in [0.3, 0.4) is 0 Å². The van der Waals surface area contributed by atoms with Crippen molar-refractivity contribution in [1.29, 1.82) is 0 Å². The van der Waals surface area contributed by atoms with Crippen molar-refractivity contribution in [2.45, 2.75) is 50.8 Å². The van der Waals surface area contributed by atoms with E-state index in [1.807, 2.05) is 60.7 Å². The lowest BCUT2D eigenvalue weighted by atomic mass is 9.99. The molecule has 5 nitrogen and oxygen atoms in total. The van der Waals surface area contributed by atoms with E-state index >= 15 is 0 Å². The van der Waals surface area contributed by atoms with Gasteiger partial charge in [0, 0.05) is 0 Å². The van der Waals surface area contributed by atoms with Crippen LogP contribution in [0.1, 0.15) is 18.1 Å². The number of hydrogen-bond acceptors (Lipinski definition) is 5. The van der Waals surface area contributed by atoms with Crippen LogP contribution in [0, 0.1) is 0 Å². The van der Waals surface area contributed by atoms with E-state index in [1.54, 1.807) is 6.92 Å². The molecule has 0 radical (unpaired) electrons.